The van der Waals surface area contributed by atoms with Gasteiger partial charge in [-0.25, -0.2) is 0 Å². The summed E-state index contributed by atoms with van der Waals surface area (Å²) >= 11 is 0. The first-order chi connectivity index (χ1) is 9.15. The molecule has 1 N–H and O–H groups in total. The first-order valence-electron chi connectivity index (χ1n) is 6.34. The summed E-state index contributed by atoms with van der Waals surface area (Å²) in [7, 11) is 3.19. The van der Waals surface area contributed by atoms with E-state index >= 15 is 0 Å². The molecule has 1 unspecified atom stereocenters. The number of ether oxygens (including phenoxy) is 2. The molecule has 0 radical (unpaired) electrons. The van der Waals surface area contributed by atoms with Gasteiger partial charge >= 0.3 is 0 Å². The van der Waals surface area contributed by atoms with Crippen molar-refractivity contribution in [2.75, 3.05) is 20.8 Å². The average Bonchev–Trinajstić information content (AvgIpc) is 2.75. The Hall–Kier alpha value is -1.75. The highest BCUT2D eigenvalue weighted by atomic mass is 16.5. The molecular formula is C14H19NO4. The zero-order valence-electron chi connectivity index (χ0n) is 11.3. The van der Waals surface area contributed by atoms with Gasteiger partial charge in [0.15, 0.2) is 11.5 Å². The predicted octanol–water partition coefficient (Wildman–Crippen LogP) is 1.19. The van der Waals surface area contributed by atoms with Crippen molar-refractivity contribution in [2.45, 2.75) is 25.5 Å². The van der Waals surface area contributed by atoms with Crippen LogP contribution in [0.5, 0.6) is 11.5 Å². The van der Waals surface area contributed by atoms with Crippen molar-refractivity contribution in [3.8, 4) is 11.5 Å². The van der Waals surface area contributed by atoms with Crippen LogP contribution in [0.1, 0.15) is 18.4 Å². The highest BCUT2D eigenvalue weighted by molar-refractivity contribution is 5.78. The van der Waals surface area contributed by atoms with Gasteiger partial charge in [-0.3, -0.25) is 4.79 Å². The van der Waals surface area contributed by atoms with Crippen LogP contribution in [-0.4, -0.2) is 42.9 Å². The highest BCUT2D eigenvalue weighted by Gasteiger charge is 2.28. The summed E-state index contributed by atoms with van der Waals surface area (Å²) in [6.45, 7) is 0.523. The van der Waals surface area contributed by atoms with Crippen molar-refractivity contribution in [1.29, 1.82) is 0 Å². The first-order valence-corrected chi connectivity index (χ1v) is 6.34. The number of aliphatic hydroxyl groups excluding tert-OH is 1. The second-order valence-corrected chi connectivity index (χ2v) is 4.55. The predicted molar refractivity (Wildman–Crippen MR) is 70.2 cm³/mol. The van der Waals surface area contributed by atoms with Crippen molar-refractivity contribution < 1.29 is 19.4 Å². The van der Waals surface area contributed by atoms with Gasteiger partial charge in [0, 0.05) is 19.4 Å². The maximum atomic E-state index is 11.6. The molecule has 5 heteroatoms. The van der Waals surface area contributed by atoms with Gasteiger partial charge < -0.3 is 19.5 Å². The van der Waals surface area contributed by atoms with E-state index in [1.54, 1.807) is 14.2 Å². The fourth-order valence-corrected chi connectivity index (χ4v) is 2.28. The summed E-state index contributed by atoms with van der Waals surface area (Å²) in [5.41, 5.74) is 1.05. The van der Waals surface area contributed by atoms with Crippen molar-refractivity contribution in [1.82, 2.24) is 4.90 Å². The maximum Gasteiger partial charge on any atom is 0.224 e. The number of aliphatic hydroxyl groups is 1. The van der Waals surface area contributed by atoms with Crippen molar-refractivity contribution in [2.24, 2.45) is 0 Å². The third-order valence-electron chi connectivity index (χ3n) is 3.39. The summed E-state index contributed by atoms with van der Waals surface area (Å²) in [4.78, 5) is 13.1. The number of amides is 1. The number of methoxy groups -OCH3 is 2. The molecule has 1 aliphatic heterocycles. The van der Waals surface area contributed by atoms with E-state index in [9.17, 15) is 9.90 Å². The van der Waals surface area contributed by atoms with E-state index in [0.29, 0.717) is 37.3 Å². The standard InChI is InChI=1S/C14H19NO4/c1-18-11-4-3-10(9-12(11)19-2)7-8-15-13(16)5-6-14(15)17/h3-4,9,13,16H,5-8H2,1-2H3. The largest absolute Gasteiger partial charge is 0.493 e. The van der Waals surface area contributed by atoms with Crippen LogP contribution in [-0.2, 0) is 11.2 Å². The van der Waals surface area contributed by atoms with Crippen LogP contribution in [0.15, 0.2) is 18.2 Å². The first kappa shape index (κ1) is 13.7. The number of likely N-dealkylation sites (tertiary alicyclic amines) is 1. The van der Waals surface area contributed by atoms with Crippen LogP contribution in [0.25, 0.3) is 0 Å². The lowest BCUT2D eigenvalue weighted by molar-refractivity contribution is -0.133. The molecule has 104 valence electrons. The van der Waals surface area contributed by atoms with E-state index in [-0.39, 0.29) is 5.91 Å². The quantitative estimate of drug-likeness (QED) is 0.868. The molecule has 1 atom stereocenters. The molecule has 1 aliphatic rings. The second kappa shape index (κ2) is 5.93. The molecule has 1 fully saturated rings. The topological polar surface area (TPSA) is 59.0 Å². The molecule has 19 heavy (non-hydrogen) atoms. The third kappa shape index (κ3) is 2.98. The molecule has 0 aromatic heterocycles. The number of benzene rings is 1. The SMILES string of the molecule is COc1ccc(CCN2C(=O)CCC2O)cc1OC. The minimum atomic E-state index is -0.632. The smallest absolute Gasteiger partial charge is 0.224 e. The molecule has 0 aliphatic carbocycles. The lowest BCUT2D eigenvalue weighted by atomic mass is 10.1. The van der Waals surface area contributed by atoms with Gasteiger partial charge in [0.25, 0.3) is 0 Å². The minimum absolute atomic E-state index is 0.0213. The van der Waals surface area contributed by atoms with Crippen molar-refractivity contribution >= 4 is 5.91 Å². The second-order valence-electron chi connectivity index (χ2n) is 4.55. The van der Waals surface area contributed by atoms with E-state index < -0.39 is 6.23 Å². The Morgan fingerprint density at radius 1 is 1.32 bits per heavy atom. The Kier molecular flexibility index (Phi) is 4.27. The van der Waals surface area contributed by atoms with Crippen LogP contribution in [0.2, 0.25) is 0 Å². The van der Waals surface area contributed by atoms with Crippen LogP contribution >= 0.6 is 0 Å². The van der Waals surface area contributed by atoms with E-state index in [2.05, 4.69) is 0 Å². The van der Waals surface area contributed by atoms with Crippen LogP contribution in [0.3, 0.4) is 0 Å². The Bertz CT molecular complexity index is 461. The Balaban J connectivity index is 2.01. The molecule has 1 aromatic carbocycles. The Morgan fingerprint density at radius 3 is 2.63 bits per heavy atom. The molecule has 0 bridgehead atoms. The van der Waals surface area contributed by atoms with Gasteiger partial charge in [0.1, 0.15) is 6.23 Å². The fourth-order valence-electron chi connectivity index (χ4n) is 2.28. The van der Waals surface area contributed by atoms with Gasteiger partial charge in [-0.05, 0) is 24.1 Å². The third-order valence-corrected chi connectivity index (χ3v) is 3.39. The number of carbonyl (C=O) groups excluding carboxylic acids is 1. The minimum Gasteiger partial charge on any atom is -0.493 e. The van der Waals surface area contributed by atoms with Crippen LogP contribution in [0, 0.1) is 0 Å². The summed E-state index contributed by atoms with van der Waals surface area (Å²) in [5.74, 6) is 1.38. The maximum absolute atomic E-state index is 11.6. The molecule has 2 rings (SSSR count). The molecular weight excluding hydrogens is 246 g/mol. The molecule has 1 saturated heterocycles. The summed E-state index contributed by atoms with van der Waals surface area (Å²) in [6.07, 6.45) is 1.02. The van der Waals surface area contributed by atoms with Crippen LogP contribution in [0.4, 0.5) is 0 Å². The highest BCUT2D eigenvalue weighted by Crippen LogP contribution is 2.28. The lowest BCUT2D eigenvalue weighted by Gasteiger charge is -2.20. The van der Waals surface area contributed by atoms with Gasteiger partial charge in [-0.2, -0.15) is 0 Å². The summed E-state index contributed by atoms with van der Waals surface area (Å²) in [5, 5.41) is 9.68. The fraction of sp³-hybridized carbons (Fsp3) is 0.500. The van der Waals surface area contributed by atoms with Crippen molar-refractivity contribution in [3.63, 3.8) is 0 Å². The van der Waals surface area contributed by atoms with Gasteiger partial charge in [0.2, 0.25) is 5.91 Å². The lowest BCUT2D eigenvalue weighted by Crippen LogP contribution is -2.34. The number of nitrogens with zero attached hydrogens (tertiary/aromatic N) is 1. The normalized spacial score (nSPS) is 18.8. The molecule has 1 aromatic rings. The number of carbonyl (C=O) groups is 1. The molecule has 1 amide bonds. The van der Waals surface area contributed by atoms with Crippen LogP contribution < -0.4 is 9.47 Å². The Labute approximate surface area is 112 Å². The average molecular weight is 265 g/mol. The molecule has 0 spiro atoms. The van der Waals surface area contributed by atoms with E-state index in [0.717, 1.165) is 5.56 Å². The molecule has 5 nitrogen and oxygen atoms in total. The van der Waals surface area contributed by atoms with E-state index in [1.165, 1.54) is 4.90 Å². The van der Waals surface area contributed by atoms with Gasteiger partial charge in [-0.15, -0.1) is 0 Å². The van der Waals surface area contributed by atoms with Gasteiger partial charge in [-0.1, -0.05) is 6.07 Å². The number of hydrogen-bond acceptors (Lipinski definition) is 4. The molecule has 0 saturated carbocycles. The molecule has 1 heterocycles. The zero-order chi connectivity index (χ0) is 13.8. The summed E-state index contributed by atoms with van der Waals surface area (Å²) < 4.78 is 10.4. The zero-order valence-corrected chi connectivity index (χ0v) is 11.3. The van der Waals surface area contributed by atoms with Crippen molar-refractivity contribution in [3.05, 3.63) is 23.8 Å². The van der Waals surface area contributed by atoms with E-state index in [4.69, 9.17) is 9.47 Å². The van der Waals surface area contributed by atoms with Gasteiger partial charge in [0.05, 0.1) is 14.2 Å². The summed E-state index contributed by atoms with van der Waals surface area (Å²) in [6, 6.07) is 5.68. The monoisotopic (exact) mass is 265 g/mol. The number of hydrogen-bond donors (Lipinski definition) is 1. The Morgan fingerprint density at radius 2 is 2.05 bits per heavy atom. The van der Waals surface area contributed by atoms with E-state index in [1.807, 2.05) is 18.2 Å². The number of rotatable bonds is 5.